The maximum atomic E-state index is 12.7. The van der Waals surface area contributed by atoms with Crippen LogP contribution in [0.2, 0.25) is 5.02 Å². The van der Waals surface area contributed by atoms with Gasteiger partial charge in [-0.1, -0.05) is 23.7 Å². The molecule has 2 heterocycles. The molecule has 1 aliphatic heterocycles. The average molecular weight is 486 g/mol. The topological polar surface area (TPSA) is 137 Å². The van der Waals surface area contributed by atoms with Crippen LogP contribution >= 0.6 is 23.4 Å². The third kappa shape index (κ3) is 4.64. The predicted octanol–water partition coefficient (Wildman–Crippen LogP) is 5.65. The summed E-state index contributed by atoms with van der Waals surface area (Å²) in [4.78, 5) is 46.9. The molecule has 0 saturated carbocycles. The van der Waals surface area contributed by atoms with E-state index in [4.69, 9.17) is 16.0 Å². The number of imide groups is 1. The van der Waals surface area contributed by atoms with Gasteiger partial charge in [0.15, 0.2) is 0 Å². The van der Waals surface area contributed by atoms with Gasteiger partial charge in [0.25, 0.3) is 22.5 Å². The molecule has 0 radical (unpaired) electrons. The van der Waals surface area contributed by atoms with Gasteiger partial charge in [-0.05, 0) is 41.6 Å². The fourth-order valence-electron chi connectivity index (χ4n) is 3.06. The summed E-state index contributed by atoms with van der Waals surface area (Å²) >= 11 is 6.57. The molecule has 0 atom stereocenters. The third-order valence-electron chi connectivity index (χ3n) is 4.69. The van der Waals surface area contributed by atoms with Crippen molar-refractivity contribution in [3.8, 4) is 11.3 Å². The SMILES string of the molecule is O=C1S/C(=C\c2ccc(-c3ccc(Cl)c([N+](=O)[O-])c3)o2)C(=O)N1Cc1ccc([N+](=O)[O-])cc1. The van der Waals surface area contributed by atoms with Crippen LogP contribution in [0.5, 0.6) is 0 Å². The Morgan fingerprint density at radius 3 is 2.39 bits per heavy atom. The lowest BCUT2D eigenvalue weighted by Crippen LogP contribution is -2.27. The summed E-state index contributed by atoms with van der Waals surface area (Å²) in [6.45, 7) is -0.0299. The van der Waals surface area contributed by atoms with Crippen molar-refractivity contribution in [2.75, 3.05) is 0 Å². The minimum Gasteiger partial charge on any atom is -0.457 e. The molecule has 1 fully saturated rings. The summed E-state index contributed by atoms with van der Waals surface area (Å²) in [6, 6.07) is 13.0. The van der Waals surface area contributed by atoms with Crippen LogP contribution in [0.25, 0.3) is 17.4 Å². The lowest BCUT2D eigenvalue weighted by molar-refractivity contribution is -0.385. The summed E-state index contributed by atoms with van der Waals surface area (Å²) in [5.74, 6) is 0.0815. The van der Waals surface area contributed by atoms with Crippen molar-refractivity contribution in [1.82, 2.24) is 4.90 Å². The number of furan rings is 1. The van der Waals surface area contributed by atoms with Gasteiger partial charge in [-0.25, -0.2) is 0 Å². The van der Waals surface area contributed by atoms with Gasteiger partial charge in [-0.2, -0.15) is 0 Å². The molecular formula is C21H12ClN3O7S. The maximum Gasteiger partial charge on any atom is 0.293 e. The van der Waals surface area contributed by atoms with Crippen LogP contribution in [0.4, 0.5) is 16.2 Å². The molecule has 1 aromatic heterocycles. The Morgan fingerprint density at radius 1 is 1.00 bits per heavy atom. The van der Waals surface area contributed by atoms with E-state index in [0.29, 0.717) is 16.9 Å². The Morgan fingerprint density at radius 2 is 1.73 bits per heavy atom. The molecule has 3 aromatic rings. The molecule has 0 unspecified atom stereocenters. The summed E-state index contributed by atoms with van der Waals surface area (Å²) < 4.78 is 5.68. The summed E-state index contributed by atoms with van der Waals surface area (Å²) in [6.07, 6.45) is 1.41. The van der Waals surface area contributed by atoms with Gasteiger partial charge in [0.2, 0.25) is 0 Å². The predicted molar refractivity (Wildman–Crippen MR) is 120 cm³/mol. The fraction of sp³-hybridized carbons (Fsp3) is 0.0476. The summed E-state index contributed by atoms with van der Waals surface area (Å²) in [7, 11) is 0. The van der Waals surface area contributed by atoms with Gasteiger partial charge < -0.3 is 4.42 Å². The van der Waals surface area contributed by atoms with Crippen LogP contribution in [-0.4, -0.2) is 25.9 Å². The number of nitrogens with zero attached hydrogens (tertiary/aromatic N) is 3. The first-order chi connectivity index (χ1) is 15.7. The van der Waals surface area contributed by atoms with E-state index >= 15 is 0 Å². The number of benzene rings is 2. The van der Waals surface area contributed by atoms with Crippen molar-refractivity contribution >= 4 is 52.0 Å². The van der Waals surface area contributed by atoms with E-state index in [9.17, 15) is 29.8 Å². The van der Waals surface area contributed by atoms with E-state index in [2.05, 4.69) is 0 Å². The number of amides is 2. The molecule has 0 aliphatic carbocycles. The zero-order chi connectivity index (χ0) is 23.7. The lowest BCUT2D eigenvalue weighted by atomic mass is 10.1. The highest BCUT2D eigenvalue weighted by Gasteiger charge is 2.35. The van der Waals surface area contributed by atoms with E-state index in [1.807, 2.05) is 0 Å². The first kappa shape index (κ1) is 22.2. The standard InChI is InChI=1S/C21H12ClN3O7S/c22-16-7-3-13(9-17(16)25(30)31)18-8-6-15(32-18)10-19-20(26)23(21(27)33-19)11-12-1-4-14(5-2-12)24(28)29/h1-10H,11H2/b19-10-. The Hall–Kier alpha value is -3.96. The van der Waals surface area contributed by atoms with E-state index in [-0.39, 0.29) is 33.6 Å². The zero-order valence-corrected chi connectivity index (χ0v) is 18.0. The largest absolute Gasteiger partial charge is 0.457 e. The molecule has 4 rings (SSSR count). The highest BCUT2D eigenvalue weighted by Crippen LogP contribution is 2.35. The maximum absolute atomic E-state index is 12.7. The number of hydrogen-bond acceptors (Lipinski definition) is 8. The Kier molecular flexibility index (Phi) is 5.99. The van der Waals surface area contributed by atoms with Gasteiger partial charge in [-0.3, -0.25) is 34.7 Å². The number of rotatable bonds is 6. The molecule has 10 nitrogen and oxygen atoms in total. The number of halogens is 1. The average Bonchev–Trinajstić information content (AvgIpc) is 3.34. The molecule has 33 heavy (non-hydrogen) atoms. The van der Waals surface area contributed by atoms with E-state index < -0.39 is 21.0 Å². The van der Waals surface area contributed by atoms with Crippen molar-refractivity contribution in [1.29, 1.82) is 0 Å². The van der Waals surface area contributed by atoms with E-state index in [1.54, 1.807) is 18.2 Å². The normalized spacial score (nSPS) is 14.8. The van der Waals surface area contributed by atoms with Crippen LogP contribution in [0.15, 0.2) is 63.9 Å². The van der Waals surface area contributed by atoms with Crippen molar-refractivity contribution in [2.24, 2.45) is 0 Å². The number of carbonyl (C=O) groups excluding carboxylic acids is 2. The number of hydrogen-bond donors (Lipinski definition) is 0. The molecule has 1 aliphatic rings. The van der Waals surface area contributed by atoms with Crippen LogP contribution in [0.1, 0.15) is 11.3 Å². The minimum absolute atomic E-state index is 0.00257. The van der Waals surface area contributed by atoms with Gasteiger partial charge in [0, 0.05) is 29.8 Å². The molecule has 0 N–H and O–H groups in total. The van der Waals surface area contributed by atoms with Crippen molar-refractivity contribution in [3.05, 3.63) is 96.1 Å². The minimum atomic E-state index is -0.601. The number of nitro benzene ring substituents is 2. The Labute approximate surface area is 194 Å². The first-order valence-electron chi connectivity index (χ1n) is 9.26. The molecule has 2 aromatic carbocycles. The quantitative estimate of drug-likeness (QED) is 0.248. The van der Waals surface area contributed by atoms with Crippen molar-refractivity contribution < 1.29 is 23.9 Å². The summed E-state index contributed by atoms with van der Waals surface area (Å²) in [5, 5.41) is 21.4. The van der Waals surface area contributed by atoms with Crippen LogP contribution in [-0.2, 0) is 11.3 Å². The number of carbonyl (C=O) groups is 2. The molecule has 1 saturated heterocycles. The molecular weight excluding hydrogens is 474 g/mol. The molecule has 12 heteroatoms. The van der Waals surface area contributed by atoms with Crippen LogP contribution < -0.4 is 0 Å². The Balaban J connectivity index is 1.52. The number of nitro groups is 2. The van der Waals surface area contributed by atoms with Gasteiger partial charge in [-0.15, -0.1) is 0 Å². The second-order valence-corrected chi connectivity index (χ2v) is 8.22. The smallest absolute Gasteiger partial charge is 0.293 e. The number of non-ortho nitro benzene ring substituents is 1. The lowest BCUT2D eigenvalue weighted by Gasteiger charge is -2.12. The monoisotopic (exact) mass is 485 g/mol. The zero-order valence-electron chi connectivity index (χ0n) is 16.5. The van der Waals surface area contributed by atoms with Crippen LogP contribution in [0.3, 0.4) is 0 Å². The molecule has 0 bridgehead atoms. The highest BCUT2D eigenvalue weighted by molar-refractivity contribution is 8.18. The molecule has 0 spiro atoms. The third-order valence-corrected chi connectivity index (χ3v) is 5.92. The van der Waals surface area contributed by atoms with Crippen LogP contribution in [0, 0.1) is 20.2 Å². The van der Waals surface area contributed by atoms with Crippen molar-refractivity contribution in [2.45, 2.75) is 6.54 Å². The van der Waals surface area contributed by atoms with Gasteiger partial charge in [0.1, 0.15) is 16.5 Å². The van der Waals surface area contributed by atoms with E-state index in [0.717, 1.165) is 16.7 Å². The van der Waals surface area contributed by atoms with Gasteiger partial charge in [0.05, 0.1) is 21.3 Å². The second kappa shape index (κ2) is 8.88. The van der Waals surface area contributed by atoms with E-state index in [1.165, 1.54) is 42.5 Å². The van der Waals surface area contributed by atoms with Gasteiger partial charge >= 0.3 is 0 Å². The van der Waals surface area contributed by atoms with Crippen molar-refractivity contribution in [3.63, 3.8) is 0 Å². The molecule has 166 valence electrons. The second-order valence-electron chi connectivity index (χ2n) is 6.82. The fourth-order valence-corrected chi connectivity index (χ4v) is 4.07. The molecule has 2 amide bonds. The number of thioether (sulfide) groups is 1. The highest BCUT2D eigenvalue weighted by atomic mass is 35.5. The summed E-state index contributed by atoms with van der Waals surface area (Å²) in [5.41, 5.74) is 0.637. The Bertz CT molecular complexity index is 1330. The first-order valence-corrected chi connectivity index (χ1v) is 10.5.